The number of carbonyl (C=O) groups is 1. The summed E-state index contributed by atoms with van der Waals surface area (Å²) in [7, 11) is 1.80. The molecule has 3 rings (SSSR count). The number of aromatic nitrogens is 3. The fourth-order valence-corrected chi connectivity index (χ4v) is 3.71. The highest BCUT2D eigenvalue weighted by Crippen LogP contribution is 2.22. The first-order chi connectivity index (χ1) is 10.6. The highest BCUT2D eigenvalue weighted by Gasteiger charge is 2.16. The van der Waals surface area contributed by atoms with Gasteiger partial charge in [0.1, 0.15) is 6.54 Å². The summed E-state index contributed by atoms with van der Waals surface area (Å²) >= 11 is 8.46. The Morgan fingerprint density at radius 3 is 2.82 bits per heavy atom. The predicted molar refractivity (Wildman–Crippen MR) is 91.5 cm³/mol. The zero-order chi connectivity index (χ0) is 15.5. The minimum absolute atomic E-state index is 0.00343. The lowest BCUT2D eigenvalue weighted by molar-refractivity contribution is -0.131. The molecule has 0 spiro atoms. The Kier molecular flexibility index (Phi) is 4.51. The van der Waals surface area contributed by atoms with E-state index < -0.39 is 0 Å². The normalized spacial score (nSPS) is 10.8. The van der Waals surface area contributed by atoms with Crippen LogP contribution in [0, 0.1) is 4.77 Å². The lowest BCUT2D eigenvalue weighted by Gasteiger charge is -2.17. The zero-order valence-electron chi connectivity index (χ0n) is 11.9. The summed E-state index contributed by atoms with van der Waals surface area (Å²) in [6.45, 7) is 0.792. The van der Waals surface area contributed by atoms with Crippen LogP contribution in [0.1, 0.15) is 4.88 Å². The second kappa shape index (κ2) is 6.55. The van der Waals surface area contributed by atoms with Gasteiger partial charge in [0, 0.05) is 11.9 Å². The van der Waals surface area contributed by atoms with Gasteiger partial charge in [-0.15, -0.1) is 22.7 Å². The topological polar surface area (TPSA) is 53.9 Å². The van der Waals surface area contributed by atoms with Crippen LogP contribution in [0.5, 0.6) is 0 Å². The van der Waals surface area contributed by atoms with Crippen molar-refractivity contribution in [1.29, 1.82) is 0 Å². The van der Waals surface area contributed by atoms with Gasteiger partial charge in [-0.2, -0.15) is 5.10 Å². The highest BCUT2D eigenvalue weighted by molar-refractivity contribution is 7.71. The minimum atomic E-state index is 0.00343. The van der Waals surface area contributed by atoms with Crippen LogP contribution in [0.3, 0.4) is 0 Å². The maximum absolute atomic E-state index is 12.4. The van der Waals surface area contributed by atoms with Crippen molar-refractivity contribution in [1.82, 2.24) is 19.7 Å². The van der Waals surface area contributed by atoms with Crippen LogP contribution >= 0.6 is 34.9 Å². The number of carbonyl (C=O) groups excluding carboxylic acids is 1. The summed E-state index contributed by atoms with van der Waals surface area (Å²) in [6.07, 6.45) is 0. The second-order valence-electron chi connectivity index (χ2n) is 4.74. The molecule has 0 aliphatic heterocycles. The van der Waals surface area contributed by atoms with Gasteiger partial charge in [-0.25, -0.2) is 0 Å². The van der Waals surface area contributed by atoms with E-state index in [-0.39, 0.29) is 12.5 Å². The highest BCUT2D eigenvalue weighted by atomic mass is 32.1. The molecule has 5 nitrogen and oxygen atoms in total. The third kappa shape index (κ3) is 3.18. The molecular weight excluding hydrogens is 336 g/mol. The predicted octanol–water partition coefficient (Wildman–Crippen LogP) is 3.39. The molecule has 3 aromatic heterocycles. The molecule has 0 saturated carbocycles. The molecule has 0 radical (unpaired) electrons. The van der Waals surface area contributed by atoms with Gasteiger partial charge < -0.3 is 4.90 Å². The molecule has 0 unspecified atom stereocenters. The SMILES string of the molecule is CN(Cc1cccs1)C(=O)Cn1c(-c2cccs2)n[nH]c1=S. The van der Waals surface area contributed by atoms with Gasteiger partial charge >= 0.3 is 0 Å². The summed E-state index contributed by atoms with van der Waals surface area (Å²) in [6, 6.07) is 7.92. The first-order valence-corrected chi connectivity index (χ1v) is 8.77. The third-order valence-electron chi connectivity index (χ3n) is 3.19. The number of hydrogen-bond acceptors (Lipinski definition) is 5. The maximum atomic E-state index is 12.4. The van der Waals surface area contributed by atoms with E-state index in [0.29, 0.717) is 17.1 Å². The number of hydrogen-bond donors (Lipinski definition) is 1. The fourth-order valence-electron chi connectivity index (χ4n) is 2.04. The lowest BCUT2D eigenvalue weighted by Crippen LogP contribution is -2.29. The molecule has 22 heavy (non-hydrogen) atoms. The van der Waals surface area contributed by atoms with Crippen molar-refractivity contribution < 1.29 is 4.79 Å². The summed E-state index contributed by atoms with van der Waals surface area (Å²) in [4.78, 5) is 16.3. The Balaban J connectivity index is 1.77. The van der Waals surface area contributed by atoms with Crippen LogP contribution in [0.2, 0.25) is 0 Å². The number of aromatic amines is 1. The Hall–Kier alpha value is -1.77. The molecule has 0 atom stereocenters. The molecule has 0 bridgehead atoms. The third-order valence-corrected chi connectivity index (χ3v) is 5.23. The standard InChI is InChI=1S/C14H14N4OS3/c1-17(8-10-4-2-6-21-10)12(19)9-18-13(15-16-14(18)20)11-5-3-7-22-11/h2-7H,8-9H2,1H3,(H,16,20). The van der Waals surface area contributed by atoms with Gasteiger partial charge in [-0.1, -0.05) is 12.1 Å². The van der Waals surface area contributed by atoms with Gasteiger partial charge in [0.2, 0.25) is 5.91 Å². The molecule has 0 saturated heterocycles. The van der Waals surface area contributed by atoms with E-state index in [0.717, 1.165) is 9.75 Å². The van der Waals surface area contributed by atoms with Crippen molar-refractivity contribution >= 4 is 40.8 Å². The minimum Gasteiger partial charge on any atom is -0.339 e. The monoisotopic (exact) mass is 350 g/mol. The number of thiophene rings is 2. The number of nitrogens with zero attached hydrogens (tertiary/aromatic N) is 3. The van der Waals surface area contributed by atoms with Crippen LogP contribution in [0.25, 0.3) is 10.7 Å². The Bertz CT molecular complexity index is 802. The lowest BCUT2D eigenvalue weighted by atomic mass is 10.4. The molecule has 3 heterocycles. The molecule has 3 aromatic rings. The van der Waals surface area contributed by atoms with Crippen LogP contribution in [0.4, 0.5) is 0 Å². The van der Waals surface area contributed by atoms with Crippen molar-refractivity contribution in [2.45, 2.75) is 13.1 Å². The Labute approximate surface area is 140 Å². The Morgan fingerprint density at radius 1 is 1.36 bits per heavy atom. The van der Waals surface area contributed by atoms with Crippen LogP contribution in [0.15, 0.2) is 35.0 Å². The molecule has 8 heteroatoms. The zero-order valence-corrected chi connectivity index (χ0v) is 14.3. The van der Waals surface area contributed by atoms with Gasteiger partial charge in [-0.05, 0) is 35.1 Å². The molecule has 0 fully saturated rings. The van der Waals surface area contributed by atoms with E-state index >= 15 is 0 Å². The number of amides is 1. The summed E-state index contributed by atoms with van der Waals surface area (Å²) in [5.41, 5.74) is 0. The van der Waals surface area contributed by atoms with E-state index in [1.165, 1.54) is 0 Å². The van der Waals surface area contributed by atoms with Crippen LogP contribution in [-0.4, -0.2) is 32.6 Å². The summed E-state index contributed by atoms with van der Waals surface area (Å²) in [5.74, 6) is 0.710. The largest absolute Gasteiger partial charge is 0.339 e. The van der Waals surface area contributed by atoms with E-state index in [4.69, 9.17) is 12.2 Å². The molecule has 0 aliphatic carbocycles. The molecule has 0 aliphatic rings. The van der Waals surface area contributed by atoms with Crippen molar-refractivity contribution in [2.75, 3.05) is 7.05 Å². The van der Waals surface area contributed by atoms with Gasteiger partial charge in [0.05, 0.1) is 11.4 Å². The summed E-state index contributed by atoms with van der Waals surface area (Å²) in [5, 5.41) is 11.0. The van der Waals surface area contributed by atoms with E-state index in [9.17, 15) is 4.79 Å². The first-order valence-electron chi connectivity index (χ1n) is 6.60. The quantitative estimate of drug-likeness (QED) is 0.718. The fraction of sp³-hybridized carbons (Fsp3) is 0.214. The molecule has 1 N–H and O–H groups in total. The van der Waals surface area contributed by atoms with E-state index in [2.05, 4.69) is 10.2 Å². The smallest absolute Gasteiger partial charge is 0.242 e. The van der Waals surface area contributed by atoms with E-state index in [1.54, 1.807) is 39.2 Å². The number of rotatable bonds is 5. The first kappa shape index (κ1) is 15.1. The Morgan fingerprint density at radius 2 is 2.14 bits per heavy atom. The van der Waals surface area contributed by atoms with Crippen molar-refractivity contribution in [3.8, 4) is 10.7 Å². The molecular formula is C14H14N4OS3. The number of H-pyrrole nitrogens is 1. The van der Waals surface area contributed by atoms with Crippen molar-refractivity contribution in [3.63, 3.8) is 0 Å². The van der Waals surface area contributed by atoms with E-state index in [1.807, 2.05) is 35.0 Å². The maximum Gasteiger partial charge on any atom is 0.242 e. The van der Waals surface area contributed by atoms with Crippen LogP contribution < -0.4 is 0 Å². The molecule has 0 aromatic carbocycles. The number of likely N-dealkylation sites (N-methyl/N-ethyl adjacent to an activating group) is 1. The van der Waals surface area contributed by atoms with Crippen molar-refractivity contribution in [2.24, 2.45) is 0 Å². The molecule has 114 valence electrons. The van der Waals surface area contributed by atoms with Crippen LogP contribution in [-0.2, 0) is 17.9 Å². The van der Waals surface area contributed by atoms with Gasteiger partial charge in [0.15, 0.2) is 10.6 Å². The average molecular weight is 350 g/mol. The average Bonchev–Trinajstić information content (AvgIpc) is 3.22. The number of nitrogens with one attached hydrogen (secondary N) is 1. The van der Waals surface area contributed by atoms with Gasteiger partial charge in [-0.3, -0.25) is 14.5 Å². The summed E-state index contributed by atoms with van der Waals surface area (Å²) < 4.78 is 2.20. The van der Waals surface area contributed by atoms with Gasteiger partial charge in [0.25, 0.3) is 0 Å². The second-order valence-corrected chi connectivity index (χ2v) is 7.11. The molecule has 1 amide bonds. The van der Waals surface area contributed by atoms with Crippen molar-refractivity contribution in [3.05, 3.63) is 44.7 Å².